The van der Waals surface area contributed by atoms with E-state index < -0.39 is 0 Å². The summed E-state index contributed by atoms with van der Waals surface area (Å²) < 4.78 is 11.8. The van der Waals surface area contributed by atoms with Crippen LogP contribution >= 0.6 is 0 Å². The van der Waals surface area contributed by atoms with Crippen LogP contribution in [-0.2, 0) is 4.74 Å². The van der Waals surface area contributed by atoms with E-state index in [4.69, 9.17) is 14.9 Å². The van der Waals surface area contributed by atoms with E-state index in [1.54, 1.807) is 18.4 Å². The van der Waals surface area contributed by atoms with Gasteiger partial charge in [0, 0.05) is 45.8 Å². The van der Waals surface area contributed by atoms with Crippen LogP contribution in [-0.4, -0.2) is 88.4 Å². The number of para-hydroxylation sites is 1. The third kappa shape index (κ3) is 4.74. The van der Waals surface area contributed by atoms with Crippen molar-refractivity contribution >= 4 is 29.3 Å². The second kappa shape index (κ2) is 10.3. The first-order chi connectivity index (χ1) is 18.6. The predicted molar refractivity (Wildman–Crippen MR) is 142 cm³/mol. The van der Waals surface area contributed by atoms with Crippen molar-refractivity contribution in [1.29, 1.82) is 0 Å². The summed E-state index contributed by atoms with van der Waals surface area (Å²) in [5.41, 5.74) is 7.78. The summed E-state index contributed by atoms with van der Waals surface area (Å²) in [7, 11) is 1.42. The average molecular weight is 518 g/mol. The standard InChI is InChI=1S/C26H31N9O3/c1-37-23(36)19-7-2-3-8-20(19)33-13-11-32(12-14-33)16-18-6-4-10-34(17-18)25-29-24(27)35-26(30-25)28-22(31-35)21-9-5-15-38-21/h2-3,5,7-9,15,18H,4,6,10-14,16-17H2,1H3,(H2,27,28,29,30,31)/t18-/m0/s1. The lowest BCUT2D eigenvalue weighted by Crippen LogP contribution is -2.50. The molecular formula is C26H31N9O3. The minimum Gasteiger partial charge on any atom is -0.465 e. The number of rotatable bonds is 6. The maximum atomic E-state index is 12.2. The summed E-state index contributed by atoms with van der Waals surface area (Å²) in [6, 6.07) is 11.2. The average Bonchev–Trinajstić information content (AvgIpc) is 3.64. The number of nitrogen functional groups attached to an aromatic ring is 1. The van der Waals surface area contributed by atoms with Crippen molar-refractivity contribution in [3.8, 4) is 11.6 Å². The first-order valence-electron chi connectivity index (χ1n) is 12.9. The van der Waals surface area contributed by atoms with Crippen molar-refractivity contribution in [1.82, 2.24) is 29.5 Å². The molecule has 2 aliphatic rings. The van der Waals surface area contributed by atoms with Crippen LogP contribution in [0, 0.1) is 5.92 Å². The fraction of sp³-hybridized carbons (Fsp3) is 0.423. The number of benzene rings is 1. The van der Waals surface area contributed by atoms with Gasteiger partial charge in [0.15, 0.2) is 5.76 Å². The summed E-state index contributed by atoms with van der Waals surface area (Å²) in [6.45, 7) is 6.36. The van der Waals surface area contributed by atoms with Gasteiger partial charge in [-0.1, -0.05) is 12.1 Å². The van der Waals surface area contributed by atoms with E-state index in [0.717, 1.165) is 64.3 Å². The van der Waals surface area contributed by atoms with Gasteiger partial charge in [-0.05, 0) is 43.0 Å². The molecule has 38 heavy (non-hydrogen) atoms. The molecule has 0 bridgehead atoms. The smallest absolute Gasteiger partial charge is 0.339 e. The van der Waals surface area contributed by atoms with Gasteiger partial charge >= 0.3 is 5.97 Å². The van der Waals surface area contributed by atoms with E-state index in [9.17, 15) is 4.79 Å². The van der Waals surface area contributed by atoms with Gasteiger partial charge in [0.05, 0.1) is 24.6 Å². The zero-order chi connectivity index (χ0) is 26.1. The molecule has 1 atom stereocenters. The maximum Gasteiger partial charge on any atom is 0.339 e. The number of methoxy groups -OCH3 is 1. The monoisotopic (exact) mass is 517 g/mol. The molecule has 0 unspecified atom stereocenters. The summed E-state index contributed by atoms with van der Waals surface area (Å²) in [5.74, 6) is 2.43. The largest absolute Gasteiger partial charge is 0.465 e. The topological polar surface area (TPSA) is 131 Å². The first-order valence-corrected chi connectivity index (χ1v) is 12.9. The van der Waals surface area contributed by atoms with Crippen molar-refractivity contribution in [3.05, 3.63) is 48.2 Å². The molecule has 2 saturated heterocycles. The molecule has 0 saturated carbocycles. The predicted octanol–water partition coefficient (Wildman–Crippen LogP) is 2.19. The zero-order valence-electron chi connectivity index (χ0n) is 21.4. The molecule has 1 aromatic carbocycles. The number of aromatic nitrogens is 5. The highest BCUT2D eigenvalue weighted by Crippen LogP contribution is 2.26. The Kier molecular flexibility index (Phi) is 6.54. The SMILES string of the molecule is COC(=O)c1ccccc1N1CCN(C[C@@H]2CCCN(c3nc(N)n4nc(-c5ccco5)nc4n3)C2)CC1. The Hall–Kier alpha value is -4.19. The Morgan fingerprint density at radius 2 is 1.89 bits per heavy atom. The Balaban J connectivity index is 1.09. The quantitative estimate of drug-likeness (QED) is 0.378. The van der Waals surface area contributed by atoms with Crippen LogP contribution in [0.5, 0.6) is 0 Å². The van der Waals surface area contributed by atoms with Crippen molar-refractivity contribution < 1.29 is 13.9 Å². The lowest BCUT2D eigenvalue weighted by Gasteiger charge is -2.40. The molecule has 6 rings (SSSR count). The summed E-state index contributed by atoms with van der Waals surface area (Å²) in [4.78, 5) is 32.9. The van der Waals surface area contributed by atoms with Gasteiger partial charge in [-0.25, -0.2) is 4.79 Å². The number of hydrogen-bond acceptors (Lipinski definition) is 11. The number of furan rings is 1. The van der Waals surface area contributed by atoms with Crippen LogP contribution in [0.2, 0.25) is 0 Å². The number of carbonyl (C=O) groups excluding carboxylic acids is 1. The molecule has 2 N–H and O–H groups in total. The molecule has 12 nitrogen and oxygen atoms in total. The number of fused-ring (bicyclic) bond motifs is 1. The van der Waals surface area contributed by atoms with Gasteiger partial charge in [-0.15, -0.1) is 5.10 Å². The third-order valence-corrected chi connectivity index (χ3v) is 7.30. The molecule has 5 heterocycles. The first kappa shape index (κ1) is 24.2. The molecule has 3 aromatic heterocycles. The molecule has 0 radical (unpaired) electrons. The number of hydrogen-bond donors (Lipinski definition) is 1. The fourth-order valence-corrected chi connectivity index (χ4v) is 5.41. The van der Waals surface area contributed by atoms with Crippen LogP contribution in [0.1, 0.15) is 23.2 Å². The number of piperidine rings is 1. The molecule has 198 valence electrons. The Bertz CT molecular complexity index is 1410. The Morgan fingerprint density at radius 3 is 2.68 bits per heavy atom. The van der Waals surface area contributed by atoms with E-state index in [1.807, 2.05) is 24.3 Å². The lowest BCUT2D eigenvalue weighted by atomic mass is 9.97. The van der Waals surface area contributed by atoms with Gasteiger partial charge in [-0.3, -0.25) is 4.90 Å². The highest BCUT2D eigenvalue weighted by atomic mass is 16.5. The highest BCUT2D eigenvalue weighted by molar-refractivity contribution is 5.95. The van der Waals surface area contributed by atoms with E-state index in [0.29, 0.717) is 34.8 Å². The molecule has 2 aliphatic heterocycles. The maximum absolute atomic E-state index is 12.2. The molecule has 12 heteroatoms. The summed E-state index contributed by atoms with van der Waals surface area (Å²) in [5, 5.41) is 4.39. The molecule has 0 spiro atoms. The molecule has 2 fully saturated rings. The van der Waals surface area contributed by atoms with Crippen LogP contribution in [0.15, 0.2) is 47.1 Å². The number of esters is 1. The van der Waals surface area contributed by atoms with Crippen molar-refractivity contribution in [2.45, 2.75) is 12.8 Å². The van der Waals surface area contributed by atoms with E-state index in [-0.39, 0.29) is 11.9 Å². The zero-order valence-corrected chi connectivity index (χ0v) is 21.4. The molecule has 4 aromatic rings. The minimum absolute atomic E-state index is 0.251. The number of piperazine rings is 1. The van der Waals surface area contributed by atoms with Gasteiger partial charge in [0.1, 0.15) is 0 Å². The highest BCUT2D eigenvalue weighted by Gasteiger charge is 2.27. The third-order valence-electron chi connectivity index (χ3n) is 7.30. The number of nitrogens with two attached hydrogens (primary N) is 1. The molecule has 0 amide bonds. The normalized spacial score (nSPS) is 18.7. The van der Waals surface area contributed by atoms with Crippen molar-refractivity contribution in [3.63, 3.8) is 0 Å². The fourth-order valence-electron chi connectivity index (χ4n) is 5.41. The van der Waals surface area contributed by atoms with E-state index >= 15 is 0 Å². The second-order valence-electron chi connectivity index (χ2n) is 9.76. The lowest BCUT2D eigenvalue weighted by molar-refractivity contribution is 0.0601. The van der Waals surface area contributed by atoms with Crippen molar-refractivity contribution in [2.75, 3.05) is 68.5 Å². The summed E-state index contributed by atoms with van der Waals surface area (Å²) in [6.07, 6.45) is 3.81. The van der Waals surface area contributed by atoms with Crippen molar-refractivity contribution in [2.24, 2.45) is 5.92 Å². The van der Waals surface area contributed by atoms with Crippen LogP contribution in [0.3, 0.4) is 0 Å². The van der Waals surface area contributed by atoms with E-state index in [2.05, 4.69) is 34.8 Å². The number of anilines is 3. The van der Waals surface area contributed by atoms with Gasteiger partial charge < -0.3 is 24.7 Å². The van der Waals surface area contributed by atoms with Gasteiger partial charge in [0.2, 0.25) is 17.7 Å². The number of carbonyl (C=O) groups is 1. The second-order valence-corrected chi connectivity index (χ2v) is 9.76. The molecule has 0 aliphatic carbocycles. The summed E-state index contributed by atoms with van der Waals surface area (Å²) >= 11 is 0. The van der Waals surface area contributed by atoms with Crippen LogP contribution in [0.25, 0.3) is 17.4 Å². The Morgan fingerprint density at radius 1 is 1.05 bits per heavy atom. The number of ether oxygens (including phenoxy) is 1. The molecular weight excluding hydrogens is 486 g/mol. The van der Waals surface area contributed by atoms with E-state index in [1.165, 1.54) is 11.6 Å². The van der Waals surface area contributed by atoms with Crippen LogP contribution < -0.4 is 15.5 Å². The van der Waals surface area contributed by atoms with Crippen LogP contribution in [0.4, 0.5) is 17.6 Å². The van der Waals surface area contributed by atoms with Gasteiger partial charge in [0.25, 0.3) is 5.78 Å². The Labute approximate surface area is 220 Å². The number of nitrogens with zero attached hydrogens (tertiary/aromatic N) is 8. The van der Waals surface area contributed by atoms with Gasteiger partial charge in [-0.2, -0.15) is 19.5 Å². The minimum atomic E-state index is -0.297.